The fourth-order valence-corrected chi connectivity index (χ4v) is 2.96. The van der Waals surface area contributed by atoms with Gasteiger partial charge in [-0.05, 0) is 71.1 Å². The number of hydrogen-bond donors (Lipinski definition) is 1. The van der Waals surface area contributed by atoms with Crippen molar-refractivity contribution in [3.05, 3.63) is 67.7 Å². The van der Waals surface area contributed by atoms with Crippen LogP contribution in [-0.4, -0.2) is 7.05 Å². The molecule has 6 heteroatoms. The molecule has 1 N–H and O–H groups in total. The number of benzene rings is 2. The Balaban J connectivity index is 2.49. The lowest BCUT2D eigenvalue weighted by atomic mass is 9.97. The van der Waals surface area contributed by atoms with Crippen LogP contribution in [0.2, 0.25) is 5.02 Å². The van der Waals surface area contributed by atoms with Gasteiger partial charge in [-0.25, -0.2) is 0 Å². The molecule has 112 valence electrons. The predicted molar refractivity (Wildman–Crippen MR) is 86.5 cm³/mol. The first-order valence-electron chi connectivity index (χ1n) is 6.12. The highest BCUT2D eigenvalue weighted by molar-refractivity contribution is 14.1. The van der Waals surface area contributed by atoms with Crippen molar-refractivity contribution in [3.8, 4) is 0 Å². The molecule has 1 unspecified atom stereocenters. The maximum absolute atomic E-state index is 12.8. The van der Waals surface area contributed by atoms with Crippen molar-refractivity contribution < 1.29 is 13.2 Å². The molecule has 0 heterocycles. The topological polar surface area (TPSA) is 12.0 Å². The molecule has 0 aliphatic rings. The molecule has 0 saturated carbocycles. The van der Waals surface area contributed by atoms with Crippen molar-refractivity contribution in [1.29, 1.82) is 0 Å². The standard InChI is InChI=1S/C15H12ClF3IN/c1-21-14(12-8-11(16)5-6-13(12)20)9-3-2-4-10(7-9)15(17,18)19/h2-8,14,21H,1H3. The van der Waals surface area contributed by atoms with E-state index < -0.39 is 11.7 Å². The lowest BCUT2D eigenvalue weighted by molar-refractivity contribution is -0.137. The third-order valence-electron chi connectivity index (χ3n) is 3.11. The summed E-state index contributed by atoms with van der Waals surface area (Å²) in [7, 11) is 1.71. The van der Waals surface area contributed by atoms with Gasteiger partial charge < -0.3 is 5.32 Å². The van der Waals surface area contributed by atoms with E-state index in [1.165, 1.54) is 6.07 Å². The third kappa shape index (κ3) is 3.90. The largest absolute Gasteiger partial charge is 0.416 e. The highest BCUT2D eigenvalue weighted by Crippen LogP contribution is 2.33. The molecule has 0 radical (unpaired) electrons. The Morgan fingerprint density at radius 1 is 1.14 bits per heavy atom. The molecule has 21 heavy (non-hydrogen) atoms. The first kappa shape index (κ1) is 16.6. The van der Waals surface area contributed by atoms with Gasteiger partial charge in [-0.1, -0.05) is 23.7 Å². The van der Waals surface area contributed by atoms with Gasteiger partial charge in [-0.15, -0.1) is 0 Å². The summed E-state index contributed by atoms with van der Waals surface area (Å²) in [5.41, 5.74) is 0.745. The van der Waals surface area contributed by atoms with Crippen molar-refractivity contribution in [3.63, 3.8) is 0 Å². The number of rotatable bonds is 3. The maximum atomic E-state index is 12.8. The van der Waals surface area contributed by atoms with Gasteiger partial charge >= 0.3 is 6.18 Å². The van der Waals surface area contributed by atoms with E-state index >= 15 is 0 Å². The summed E-state index contributed by atoms with van der Waals surface area (Å²) in [4.78, 5) is 0. The molecule has 0 saturated heterocycles. The minimum atomic E-state index is -4.35. The van der Waals surface area contributed by atoms with E-state index in [4.69, 9.17) is 11.6 Å². The van der Waals surface area contributed by atoms with Gasteiger partial charge in [0.05, 0.1) is 11.6 Å². The van der Waals surface area contributed by atoms with Crippen molar-refractivity contribution in [2.75, 3.05) is 7.05 Å². The molecule has 2 aromatic carbocycles. The van der Waals surface area contributed by atoms with Crippen molar-refractivity contribution in [2.24, 2.45) is 0 Å². The SMILES string of the molecule is CNC(c1cccc(C(F)(F)F)c1)c1cc(Cl)ccc1I. The normalized spacial score (nSPS) is 13.2. The molecule has 2 rings (SSSR count). The minimum absolute atomic E-state index is 0.349. The lowest BCUT2D eigenvalue weighted by Crippen LogP contribution is -2.19. The van der Waals surface area contributed by atoms with Crippen LogP contribution in [0.15, 0.2) is 42.5 Å². The average molecular weight is 426 g/mol. The molecule has 0 spiro atoms. The van der Waals surface area contributed by atoms with Crippen molar-refractivity contribution >= 4 is 34.2 Å². The fraction of sp³-hybridized carbons (Fsp3) is 0.200. The minimum Gasteiger partial charge on any atom is -0.309 e. The van der Waals surface area contributed by atoms with Crippen LogP contribution in [0.4, 0.5) is 13.2 Å². The zero-order chi connectivity index (χ0) is 15.6. The van der Waals surface area contributed by atoms with Gasteiger partial charge in [-0.3, -0.25) is 0 Å². The molecule has 1 nitrogen and oxygen atoms in total. The quantitative estimate of drug-likeness (QED) is 0.661. The number of nitrogens with one attached hydrogen (secondary N) is 1. The van der Waals surface area contributed by atoms with Crippen molar-refractivity contribution in [2.45, 2.75) is 12.2 Å². The van der Waals surface area contributed by atoms with E-state index in [1.807, 2.05) is 6.07 Å². The summed E-state index contributed by atoms with van der Waals surface area (Å²) in [5.74, 6) is 0. The molecule has 0 aliphatic heterocycles. The van der Waals surface area contributed by atoms with E-state index in [2.05, 4.69) is 27.9 Å². The second-order valence-electron chi connectivity index (χ2n) is 4.51. The third-order valence-corrected chi connectivity index (χ3v) is 4.32. The highest BCUT2D eigenvalue weighted by atomic mass is 127. The average Bonchev–Trinajstić information content (AvgIpc) is 2.43. The molecule has 0 aromatic heterocycles. The van der Waals surface area contributed by atoms with Crippen molar-refractivity contribution in [1.82, 2.24) is 5.32 Å². The van der Waals surface area contributed by atoms with E-state index in [9.17, 15) is 13.2 Å². The van der Waals surface area contributed by atoms with Gasteiger partial charge in [-0.2, -0.15) is 13.2 Å². The summed E-state index contributed by atoms with van der Waals surface area (Å²) in [5, 5.41) is 3.60. The molecule has 0 aliphatic carbocycles. The van der Waals surface area contributed by atoms with E-state index in [1.54, 1.807) is 25.2 Å². The summed E-state index contributed by atoms with van der Waals surface area (Å²) < 4.78 is 39.5. The lowest BCUT2D eigenvalue weighted by Gasteiger charge is -2.20. The first-order chi connectivity index (χ1) is 9.82. The molecular formula is C15H12ClF3IN. The Bertz CT molecular complexity index is 643. The first-order valence-corrected chi connectivity index (χ1v) is 7.58. The smallest absolute Gasteiger partial charge is 0.309 e. The molecular weight excluding hydrogens is 414 g/mol. The van der Waals surface area contributed by atoms with Crippen LogP contribution in [-0.2, 0) is 6.18 Å². The Kier molecular flexibility index (Phi) is 5.16. The Hall–Kier alpha value is -0.790. The highest BCUT2D eigenvalue weighted by Gasteiger charge is 2.31. The van der Waals surface area contributed by atoms with E-state index in [-0.39, 0.29) is 6.04 Å². The zero-order valence-corrected chi connectivity index (χ0v) is 13.9. The van der Waals surface area contributed by atoms with Crippen LogP contribution in [0.1, 0.15) is 22.7 Å². The molecule has 0 fully saturated rings. The molecule has 0 bridgehead atoms. The molecule has 1 atom stereocenters. The van der Waals surface area contributed by atoms with E-state index in [0.29, 0.717) is 10.6 Å². The van der Waals surface area contributed by atoms with Crippen LogP contribution >= 0.6 is 34.2 Å². The number of halogens is 5. The van der Waals surface area contributed by atoms with Crippen LogP contribution < -0.4 is 5.32 Å². The van der Waals surface area contributed by atoms with Crippen LogP contribution in [0.5, 0.6) is 0 Å². The maximum Gasteiger partial charge on any atom is 0.416 e. The summed E-state index contributed by atoms with van der Waals surface area (Å²) >= 11 is 8.14. The van der Waals surface area contributed by atoms with Gasteiger partial charge in [0.2, 0.25) is 0 Å². The second kappa shape index (κ2) is 6.54. The Morgan fingerprint density at radius 2 is 1.86 bits per heavy atom. The van der Waals surface area contributed by atoms with Gasteiger partial charge in [0.15, 0.2) is 0 Å². The zero-order valence-electron chi connectivity index (χ0n) is 11.0. The monoisotopic (exact) mass is 425 g/mol. The molecule has 2 aromatic rings. The fourth-order valence-electron chi connectivity index (χ4n) is 2.13. The predicted octanol–water partition coefficient (Wildman–Crippen LogP) is 5.27. The van der Waals surface area contributed by atoms with Gasteiger partial charge in [0.25, 0.3) is 0 Å². The molecule has 0 amide bonds. The Labute approximate surface area is 139 Å². The summed E-state index contributed by atoms with van der Waals surface area (Å²) in [6.07, 6.45) is -4.35. The summed E-state index contributed by atoms with van der Waals surface area (Å²) in [6, 6.07) is 10.3. The summed E-state index contributed by atoms with van der Waals surface area (Å²) in [6.45, 7) is 0. The van der Waals surface area contributed by atoms with Crippen LogP contribution in [0.25, 0.3) is 0 Å². The van der Waals surface area contributed by atoms with Gasteiger partial charge in [0.1, 0.15) is 0 Å². The van der Waals surface area contributed by atoms with Crippen LogP contribution in [0, 0.1) is 3.57 Å². The number of hydrogen-bond acceptors (Lipinski definition) is 1. The van der Waals surface area contributed by atoms with E-state index in [0.717, 1.165) is 21.3 Å². The van der Waals surface area contributed by atoms with Crippen LogP contribution in [0.3, 0.4) is 0 Å². The van der Waals surface area contributed by atoms with Gasteiger partial charge in [0, 0.05) is 8.59 Å². The number of alkyl halides is 3. The Morgan fingerprint density at radius 3 is 2.48 bits per heavy atom. The second-order valence-corrected chi connectivity index (χ2v) is 6.11.